The predicted molar refractivity (Wildman–Crippen MR) is 101 cm³/mol. The summed E-state index contributed by atoms with van der Waals surface area (Å²) in [7, 11) is -3.30. The van der Waals surface area contributed by atoms with Gasteiger partial charge >= 0.3 is 0 Å². The predicted octanol–water partition coefficient (Wildman–Crippen LogP) is 1.34. The lowest BCUT2D eigenvalue weighted by Gasteiger charge is -2.14. The van der Waals surface area contributed by atoms with Gasteiger partial charge in [0.1, 0.15) is 24.2 Å². The van der Waals surface area contributed by atoms with Crippen LogP contribution in [0.3, 0.4) is 0 Å². The monoisotopic (exact) mass is 380 g/mol. The van der Waals surface area contributed by atoms with Crippen LogP contribution in [-0.2, 0) is 16.4 Å². The number of aliphatic hydroxyl groups is 1. The summed E-state index contributed by atoms with van der Waals surface area (Å²) in [5.74, 6) is 0.788. The highest BCUT2D eigenvalue weighted by atomic mass is 32.2. The van der Waals surface area contributed by atoms with Crippen LogP contribution in [0.2, 0.25) is 0 Å². The van der Waals surface area contributed by atoms with Crippen molar-refractivity contribution in [1.82, 2.24) is 5.32 Å². The Morgan fingerprint density at radius 3 is 2.54 bits per heavy atom. The number of sulfonamides is 1. The van der Waals surface area contributed by atoms with Gasteiger partial charge in [-0.1, -0.05) is 12.1 Å². The van der Waals surface area contributed by atoms with Crippen LogP contribution in [0.25, 0.3) is 0 Å². The largest absolute Gasteiger partial charge is 0.508 e. The van der Waals surface area contributed by atoms with Gasteiger partial charge in [-0.05, 0) is 54.9 Å². The van der Waals surface area contributed by atoms with E-state index < -0.39 is 16.1 Å². The average Bonchev–Trinajstić information content (AvgIpc) is 2.57. The molecule has 0 aliphatic carbocycles. The van der Waals surface area contributed by atoms with Crippen molar-refractivity contribution in [2.24, 2.45) is 0 Å². The lowest BCUT2D eigenvalue weighted by molar-refractivity contribution is 0.106. The molecular weight excluding hydrogens is 356 g/mol. The van der Waals surface area contributed by atoms with Gasteiger partial charge in [0, 0.05) is 12.2 Å². The molecule has 2 aromatic carbocycles. The third-order valence-corrected chi connectivity index (χ3v) is 4.09. The summed E-state index contributed by atoms with van der Waals surface area (Å²) in [5.41, 5.74) is 1.47. The first-order chi connectivity index (χ1) is 12.3. The molecule has 0 fully saturated rings. The number of benzene rings is 2. The van der Waals surface area contributed by atoms with Gasteiger partial charge < -0.3 is 20.3 Å². The lowest BCUT2D eigenvalue weighted by atomic mass is 10.1. The van der Waals surface area contributed by atoms with Crippen molar-refractivity contribution in [2.75, 3.05) is 30.7 Å². The summed E-state index contributed by atoms with van der Waals surface area (Å²) < 4.78 is 30.1. The molecule has 0 radical (unpaired) electrons. The van der Waals surface area contributed by atoms with Gasteiger partial charge in [0.15, 0.2) is 0 Å². The molecule has 0 amide bonds. The van der Waals surface area contributed by atoms with E-state index in [-0.39, 0.29) is 12.4 Å². The summed E-state index contributed by atoms with van der Waals surface area (Å²) >= 11 is 0. The first kappa shape index (κ1) is 20.0. The Balaban J connectivity index is 1.66. The van der Waals surface area contributed by atoms with Crippen LogP contribution in [0.4, 0.5) is 5.69 Å². The molecule has 0 unspecified atom stereocenters. The maximum atomic E-state index is 11.1. The van der Waals surface area contributed by atoms with Gasteiger partial charge in [-0.3, -0.25) is 4.72 Å². The summed E-state index contributed by atoms with van der Waals surface area (Å²) in [6.45, 7) is 1.18. The van der Waals surface area contributed by atoms with E-state index in [1.54, 1.807) is 42.5 Å². The third kappa shape index (κ3) is 7.73. The Morgan fingerprint density at radius 2 is 1.88 bits per heavy atom. The summed E-state index contributed by atoms with van der Waals surface area (Å²) in [6.07, 6.45) is 1.16. The molecule has 7 nitrogen and oxygen atoms in total. The molecule has 8 heteroatoms. The second-order valence-corrected chi connectivity index (χ2v) is 7.74. The van der Waals surface area contributed by atoms with Gasteiger partial charge in [-0.25, -0.2) is 8.42 Å². The smallest absolute Gasteiger partial charge is 0.229 e. The minimum absolute atomic E-state index is 0.123. The summed E-state index contributed by atoms with van der Waals surface area (Å²) in [4.78, 5) is 0. The molecule has 2 aromatic rings. The van der Waals surface area contributed by atoms with Crippen molar-refractivity contribution >= 4 is 15.7 Å². The van der Waals surface area contributed by atoms with Crippen LogP contribution in [0.1, 0.15) is 5.56 Å². The topological polar surface area (TPSA) is 108 Å². The van der Waals surface area contributed by atoms with Crippen molar-refractivity contribution in [3.05, 3.63) is 54.1 Å². The minimum Gasteiger partial charge on any atom is -0.508 e. The number of hydrogen-bond acceptors (Lipinski definition) is 6. The molecule has 26 heavy (non-hydrogen) atoms. The van der Waals surface area contributed by atoms with Crippen LogP contribution < -0.4 is 14.8 Å². The van der Waals surface area contributed by atoms with Crippen molar-refractivity contribution in [2.45, 2.75) is 12.5 Å². The fraction of sp³-hybridized carbons (Fsp3) is 0.333. The van der Waals surface area contributed by atoms with E-state index in [9.17, 15) is 18.6 Å². The Bertz CT molecular complexity index is 793. The molecule has 0 bridgehead atoms. The highest BCUT2D eigenvalue weighted by Crippen LogP contribution is 2.16. The highest BCUT2D eigenvalue weighted by molar-refractivity contribution is 7.92. The van der Waals surface area contributed by atoms with E-state index in [1.807, 2.05) is 6.07 Å². The maximum absolute atomic E-state index is 11.1. The first-order valence-corrected chi connectivity index (χ1v) is 10.1. The molecule has 4 N–H and O–H groups in total. The van der Waals surface area contributed by atoms with E-state index in [0.29, 0.717) is 24.5 Å². The van der Waals surface area contributed by atoms with E-state index in [2.05, 4.69) is 10.0 Å². The Morgan fingerprint density at radius 1 is 1.15 bits per heavy atom. The molecule has 0 saturated carbocycles. The summed E-state index contributed by atoms with van der Waals surface area (Å²) in [5, 5.41) is 22.5. The number of aliphatic hydroxyl groups excluding tert-OH is 1. The molecule has 2 rings (SSSR count). The molecular formula is C18H24N2O5S. The standard InChI is InChI=1S/C18H24N2O5S/c1-26(23,24)20-15-5-7-18(8-6-15)25-13-17(22)12-19-10-9-14-3-2-4-16(21)11-14/h2-8,11,17,19-22H,9-10,12-13H2,1H3/t17-/m0/s1. The molecule has 0 heterocycles. The van der Waals surface area contributed by atoms with E-state index >= 15 is 0 Å². The molecule has 0 aromatic heterocycles. The normalized spacial score (nSPS) is 12.5. The van der Waals surface area contributed by atoms with Crippen LogP contribution in [0.5, 0.6) is 11.5 Å². The molecule has 1 atom stereocenters. The number of ether oxygens (including phenoxy) is 1. The van der Waals surface area contributed by atoms with Crippen molar-refractivity contribution < 1.29 is 23.4 Å². The van der Waals surface area contributed by atoms with Gasteiger partial charge in [-0.15, -0.1) is 0 Å². The zero-order chi connectivity index (χ0) is 19.0. The number of anilines is 1. The molecule has 142 valence electrons. The molecule has 0 spiro atoms. The van der Waals surface area contributed by atoms with Crippen LogP contribution >= 0.6 is 0 Å². The SMILES string of the molecule is CS(=O)(=O)Nc1ccc(OC[C@@H](O)CNCCc2cccc(O)c2)cc1. The number of nitrogens with one attached hydrogen (secondary N) is 2. The molecule has 0 aliphatic rings. The Labute approximate surface area is 153 Å². The first-order valence-electron chi connectivity index (χ1n) is 8.19. The fourth-order valence-corrected chi connectivity index (χ4v) is 2.86. The van der Waals surface area contributed by atoms with Gasteiger partial charge in [-0.2, -0.15) is 0 Å². The van der Waals surface area contributed by atoms with Gasteiger partial charge in [0.05, 0.1) is 6.26 Å². The quantitative estimate of drug-likeness (QED) is 0.463. The minimum atomic E-state index is -3.30. The Kier molecular flexibility index (Phi) is 7.26. The van der Waals surface area contributed by atoms with E-state index in [4.69, 9.17) is 4.74 Å². The average molecular weight is 380 g/mol. The van der Waals surface area contributed by atoms with Gasteiger partial charge in [0.25, 0.3) is 0 Å². The molecule has 0 aliphatic heterocycles. The maximum Gasteiger partial charge on any atom is 0.229 e. The van der Waals surface area contributed by atoms with Crippen molar-refractivity contribution in [3.63, 3.8) is 0 Å². The second-order valence-electron chi connectivity index (χ2n) is 5.99. The summed E-state index contributed by atoms with van der Waals surface area (Å²) in [6, 6.07) is 13.5. The zero-order valence-electron chi connectivity index (χ0n) is 14.6. The number of phenols is 1. The van der Waals surface area contributed by atoms with E-state index in [1.165, 1.54) is 0 Å². The number of phenolic OH excluding ortho intramolecular Hbond substituents is 1. The zero-order valence-corrected chi connectivity index (χ0v) is 15.4. The van der Waals surface area contributed by atoms with Crippen LogP contribution in [0, 0.1) is 0 Å². The Hall–Kier alpha value is -2.29. The van der Waals surface area contributed by atoms with E-state index in [0.717, 1.165) is 18.2 Å². The highest BCUT2D eigenvalue weighted by Gasteiger charge is 2.06. The number of aromatic hydroxyl groups is 1. The molecule has 0 saturated heterocycles. The van der Waals surface area contributed by atoms with Crippen LogP contribution in [-0.4, -0.2) is 50.7 Å². The third-order valence-electron chi connectivity index (χ3n) is 3.48. The van der Waals surface area contributed by atoms with Crippen molar-refractivity contribution in [1.29, 1.82) is 0 Å². The second kappa shape index (κ2) is 9.42. The van der Waals surface area contributed by atoms with Gasteiger partial charge in [0.2, 0.25) is 10.0 Å². The number of rotatable bonds is 10. The van der Waals surface area contributed by atoms with Crippen LogP contribution in [0.15, 0.2) is 48.5 Å². The lowest BCUT2D eigenvalue weighted by Crippen LogP contribution is -2.32. The van der Waals surface area contributed by atoms with Crippen molar-refractivity contribution in [3.8, 4) is 11.5 Å². The fourth-order valence-electron chi connectivity index (χ4n) is 2.30. The number of hydrogen-bond donors (Lipinski definition) is 4.